The maximum Gasteiger partial charge on any atom is 0.240 e. The summed E-state index contributed by atoms with van der Waals surface area (Å²) in [6, 6.07) is 6.44. The maximum atomic E-state index is 11.8. The highest BCUT2D eigenvalue weighted by atomic mass is 32.2. The minimum absolute atomic E-state index is 0.229. The maximum absolute atomic E-state index is 11.8. The van der Waals surface area contributed by atoms with Crippen molar-refractivity contribution in [3.63, 3.8) is 0 Å². The number of hydrogen-bond donors (Lipinski definition) is 3. The number of hydrogen-bond acceptors (Lipinski definition) is 5. The normalized spacial score (nSPS) is 22.9. The SMILES string of the molecule is CCNS(=O)(=O)c1ccc(NCC2(O)CCOC2)cc1. The largest absolute Gasteiger partial charge is 0.386 e. The molecule has 1 aromatic rings. The van der Waals surface area contributed by atoms with Crippen molar-refractivity contribution < 1.29 is 18.3 Å². The molecule has 0 saturated carbocycles. The van der Waals surface area contributed by atoms with E-state index in [9.17, 15) is 13.5 Å². The highest BCUT2D eigenvalue weighted by Gasteiger charge is 2.31. The summed E-state index contributed by atoms with van der Waals surface area (Å²) in [5.41, 5.74) is -0.0742. The summed E-state index contributed by atoms with van der Waals surface area (Å²) in [7, 11) is -3.42. The summed E-state index contributed by atoms with van der Waals surface area (Å²) in [5, 5.41) is 13.2. The quantitative estimate of drug-likeness (QED) is 0.714. The fraction of sp³-hybridized carbons (Fsp3) is 0.538. The molecule has 1 unspecified atom stereocenters. The van der Waals surface area contributed by atoms with Gasteiger partial charge in [0.2, 0.25) is 10.0 Å². The number of anilines is 1. The van der Waals surface area contributed by atoms with Gasteiger partial charge in [-0.3, -0.25) is 0 Å². The van der Waals surface area contributed by atoms with E-state index in [1.807, 2.05) is 0 Å². The van der Waals surface area contributed by atoms with Gasteiger partial charge in [-0.15, -0.1) is 0 Å². The zero-order chi connectivity index (χ0) is 14.6. The van der Waals surface area contributed by atoms with Gasteiger partial charge in [0.15, 0.2) is 0 Å². The highest BCUT2D eigenvalue weighted by molar-refractivity contribution is 7.89. The zero-order valence-electron chi connectivity index (χ0n) is 11.4. The molecule has 0 aromatic heterocycles. The molecule has 0 aliphatic carbocycles. The van der Waals surface area contributed by atoms with Gasteiger partial charge in [-0.25, -0.2) is 13.1 Å². The summed E-state index contributed by atoms with van der Waals surface area (Å²) in [6.45, 7) is 3.37. The van der Waals surface area contributed by atoms with E-state index in [0.717, 1.165) is 5.69 Å². The number of sulfonamides is 1. The van der Waals surface area contributed by atoms with Gasteiger partial charge in [-0.2, -0.15) is 0 Å². The van der Waals surface area contributed by atoms with Gasteiger partial charge in [0.05, 0.1) is 11.5 Å². The molecule has 6 nitrogen and oxygen atoms in total. The molecular weight excluding hydrogens is 280 g/mol. The molecule has 1 aromatic carbocycles. The van der Waals surface area contributed by atoms with Crippen molar-refractivity contribution in [3.05, 3.63) is 24.3 Å². The van der Waals surface area contributed by atoms with Gasteiger partial charge in [-0.05, 0) is 24.3 Å². The zero-order valence-corrected chi connectivity index (χ0v) is 12.2. The van der Waals surface area contributed by atoms with Crippen molar-refractivity contribution >= 4 is 15.7 Å². The van der Waals surface area contributed by atoms with E-state index in [-0.39, 0.29) is 4.90 Å². The van der Waals surface area contributed by atoms with Gasteiger partial charge in [-0.1, -0.05) is 6.92 Å². The lowest BCUT2D eigenvalue weighted by Gasteiger charge is -2.21. The highest BCUT2D eigenvalue weighted by Crippen LogP contribution is 2.20. The van der Waals surface area contributed by atoms with Crippen LogP contribution in [0.3, 0.4) is 0 Å². The van der Waals surface area contributed by atoms with E-state index in [4.69, 9.17) is 4.74 Å². The first kappa shape index (κ1) is 15.2. The Labute approximate surface area is 119 Å². The monoisotopic (exact) mass is 300 g/mol. The topological polar surface area (TPSA) is 87.7 Å². The second-order valence-corrected chi connectivity index (χ2v) is 6.67. The smallest absolute Gasteiger partial charge is 0.240 e. The Hall–Kier alpha value is -1.15. The molecule has 3 N–H and O–H groups in total. The van der Waals surface area contributed by atoms with Gasteiger partial charge in [0.1, 0.15) is 5.60 Å². The average Bonchev–Trinajstić information content (AvgIpc) is 2.84. The Morgan fingerprint density at radius 3 is 2.60 bits per heavy atom. The minimum atomic E-state index is -3.42. The van der Waals surface area contributed by atoms with E-state index in [2.05, 4.69) is 10.0 Å². The summed E-state index contributed by atoms with van der Waals surface area (Å²) in [4.78, 5) is 0.229. The van der Waals surface area contributed by atoms with Crippen LogP contribution in [0.15, 0.2) is 29.2 Å². The van der Waals surface area contributed by atoms with Crippen molar-refractivity contribution in [1.29, 1.82) is 0 Å². The third-order valence-electron chi connectivity index (χ3n) is 3.20. The molecular formula is C13H20N2O4S. The van der Waals surface area contributed by atoms with Crippen molar-refractivity contribution in [2.24, 2.45) is 0 Å². The molecule has 0 spiro atoms. The van der Waals surface area contributed by atoms with E-state index >= 15 is 0 Å². The van der Waals surface area contributed by atoms with Crippen molar-refractivity contribution in [2.75, 3.05) is 31.6 Å². The second kappa shape index (κ2) is 6.09. The number of ether oxygens (including phenoxy) is 1. The lowest BCUT2D eigenvalue weighted by atomic mass is 10.0. The van der Waals surface area contributed by atoms with Crippen LogP contribution in [0.5, 0.6) is 0 Å². The third-order valence-corrected chi connectivity index (χ3v) is 4.76. The Bertz CT molecular complexity index is 536. The Morgan fingerprint density at radius 1 is 1.35 bits per heavy atom. The Morgan fingerprint density at radius 2 is 2.05 bits per heavy atom. The van der Waals surface area contributed by atoms with Crippen LogP contribution in [0.1, 0.15) is 13.3 Å². The molecule has 1 saturated heterocycles. The van der Waals surface area contributed by atoms with Crippen LogP contribution in [-0.2, 0) is 14.8 Å². The minimum Gasteiger partial charge on any atom is -0.386 e. The molecule has 1 heterocycles. The molecule has 1 aliphatic heterocycles. The predicted octanol–water partition coefficient (Wildman–Crippen LogP) is 0.548. The van der Waals surface area contributed by atoms with Crippen molar-refractivity contribution in [2.45, 2.75) is 23.8 Å². The van der Waals surface area contributed by atoms with Crippen LogP contribution >= 0.6 is 0 Å². The number of rotatable bonds is 6. The molecule has 0 radical (unpaired) electrons. The van der Waals surface area contributed by atoms with E-state index in [1.54, 1.807) is 19.1 Å². The van der Waals surface area contributed by atoms with Gasteiger partial charge in [0, 0.05) is 31.8 Å². The van der Waals surface area contributed by atoms with Gasteiger partial charge < -0.3 is 15.2 Å². The summed E-state index contributed by atoms with van der Waals surface area (Å²) >= 11 is 0. The predicted molar refractivity (Wildman–Crippen MR) is 76.2 cm³/mol. The third kappa shape index (κ3) is 3.69. The number of benzene rings is 1. The molecule has 20 heavy (non-hydrogen) atoms. The molecule has 1 atom stereocenters. The first-order chi connectivity index (χ1) is 9.45. The molecule has 112 valence electrons. The Kier molecular flexibility index (Phi) is 4.64. The summed E-state index contributed by atoms with van der Waals surface area (Å²) < 4.78 is 31.1. The lowest BCUT2D eigenvalue weighted by molar-refractivity contribution is 0.0382. The summed E-state index contributed by atoms with van der Waals surface area (Å²) in [5.74, 6) is 0. The first-order valence-corrected chi connectivity index (χ1v) is 8.07. The van der Waals surface area contributed by atoms with Crippen molar-refractivity contribution in [1.82, 2.24) is 4.72 Å². The molecule has 0 bridgehead atoms. The van der Waals surface area contributed by atoms with Crippen molar-refractivity contribution in [3.8, 4) is 0 Å². The average molecular weight is 300 g/mol. The fourth-order valence-corrected chi connectivity index (χ4v) is 3.07. The standard InChI is InChI=1S/C13H20N2O4S/c1-2-15-20(17,18)12-5-3-11(4-6-12)14-9-13(16)7-8-19-10-13/h3-6,14-16H,2,7-10H2,1H3. The van der Waals surface area contributed by atoms with Gasteiger partial charge >= 0.3 is 0 Å². The van der Waals surface area contributed by atoms with E-state index in [1.165, 1.54) is 12.1 Å². The number of nitrogens with one attached hydrogen (secondary N) is 2. The number of aliphatic hydroxyl groups is 1. The summed E-state index contributed by atoms with van der Waals surface area (Å²) in [6.07, 6.45) is 0.604. The van der Waals surface area contributed by atoms with E-state index in [0.29, 0.717) is 32.7 Å². The van der Waals surface area contributed by atoms with Crippen LogP contribution in [0.4, 0.5) is 5.69 Å². The fourth-order valence-electron chi connectivity index (χ4n) is 2.03. The molecule has 2 rings (SSSR count). The Balaban J connectivity index is 1.98. The van der Waals surface area contributed by atoms with Crippen LogP contribution in [-0.4, -0.2) is 45.4 Å². The van der Waals surface area contributed by atoms with Crippen LogP contribution < -0.4 is 10.0 Å². The van der Waals surface area contributed by atoms with Crippen LogP contribution in [0.25, 0.3) is 0 Å². The lowest BCUT2D eigenvalue weighted by Crippen LogP contribution is -2.37. The first-order valence-electron chi connectivity index (χ1n) is 6.59. The molecule has 1 aliphatic rings. The van der Waals surface area contributed by atoms with Gasteiger partial charge in [0.25, 0.3) is 0 Å². The molecule has 1 fully saturated rings. The van der Waals surface area contributed by atoms with Crippen LogP contribution in [0.2, 0.25) is 0 Å². The molecule has 0 amide bonds. The van der Waals surface area contributed by atoms with E-state index < -0.39 is 15.6 Å². The second-order valence-electron chi connectivity index (χ2n) is 4.91. The molecule has 7 heteroatoms. The van der Waals surface area contributed by atoms with Crippen LogP contribution in [0, 0.1) is 0 Å².